The van der Waals surface area contributed by atoms with Gasteiger partial charge in [0.2, 0.25) is 5.91 Å². The first-order valence-electron chi connectivity index (χ1n) is 6.96. The normalized spacial score (nSPS) is 10.7. The van der Waals surface area contributed by atoms with Gasteiger partial charge < -0.3 is 4.42 Å². The number of thiophene rings is 1. The monoisotopic (exact) mass is 365 g/mol. The molecule has 7 nitrogen and oxygen atoms in total. The summed E-state index contributed by atoms with van der Waals surface area (Å²) in [7, 11) is 0. The number of fused-ring (bicyclic) bond motifs is 1. The van der Waals surface area contributed by atoms with Gasteiger partial charge in [-0.25, -0.2) is 4.79 Å². The van der Waals surface area contributed by atoms with Crippen molar-refractivity contribution in [3.05, 3.63) is 56.2 Å². The minimum Gasteiger partial charge on any atom is -0.408 e. The number of nitrogens with one attached hydrogen (secondary N) is 2. The molecule has 1 aromatic carbocycles. The molecular formula is C15H12ClN3O4S. The summed E-state index contributed by atoms with van der Waals surface area (Å²) in [6.07, 6.45) is 0.00187. The molecular weight excluding hydrogens is 354 g/mol. The zero-order valence-corrected chi connectivity index (χ0v) is 13.8. The fourth-order valence-electron chi connectivity index (χ4n) is 2.12. The minimum absolute atomic E-state index is 0.00187. The molecule has 0 atom stereocenters. The molecule has 24 heavy (non-hydrogen) atoms. The van der Waals surface area contributed by atoms with Gasteiger partial charge in [0.15, 0.2) is 5.58 Å². The van der Waals surface area contributed by atoms with Crippen LogP contribution >= 0.6 is 22.9 Å². The zero-order chi connectivity index (χ0) is 17.1. The van der Waals surface area contributed by atoms with Gasteiger partial charge in [0.05, 0.1) is 10.4 Å². The number of rotatable bonds is 4. The molecule has 0 radical (unpaired) electrons. The second-order valence-electron chi connectivity index (χ2n) is 4.86. The number of carbonyl (C=O) groups is 2. The average molecular weight is 366 g/mol. The predicted octanol–water partition coefficient (Wildman–Crippen LogP) is 2.16. The Hall–Kier alpha value is -2.58. The van der Waals surface area contributed by atoms with E-state index in [9.17, 15) is 14.4 Å². The van der Waals surface area contributed by atoms with E-state index in [1.165, 1.54) is 22.0 Å². The molecule has 0 fully saturated rings. The summed E-state index contributed by atoms with van der Waals surface area (Å²) in [6.45, 7) is 0.119. The Kier molecular flexibility index (Phi) is 4.68. The third kappa shape index (κ3) is 3.50. The van der Waals surface area contributed by atoms with Crippen molar-refractivity contribution in [2.75, 3.05) is 0 Å². The number of oxazole rings is 1. The third-order valence-corrected chi connectivity index (χ3v) is 4.36. The number of hydrogen-bond donors (Lipinski definition) is 2. The van der Waals surface area contributed by atoms with E-state index in [0.717, 1.165) is 0 Å². The van der Waals surface area contributed by atoms with Crippen LogP contribution in [-0.4, -0.2) is 16.4 Å². The van der Waals surface area contributed by atoms with E-state index in [0.29, 0.717) is 21.0 Å². The van der Waals surface area contributed by atoms with Crippen LogP contribution < -0.4 is 16.6 Å². The largest absolute Gasteiger partial charge is 0.419 e. The molecule has 124 valence electrons. The second kappa shape index (κ2) is 6.90. The topological polar surface area (TPSA) is 93.3 Å². The Morgan fingerprint density at radius 1 is 1.25 bits per heavy atom. The summed E-state index contributed by atoms with van der Waals surface area (Å²) in [5, 5.41) is 2.22. The van der Waals surface area contributed by atoms with E-state index in [1.54, 1.807) is 29.6 Å². The summed E-state index contributed by atoms with van der Waals surface area (Å²) >= 11 is 7.11. The molecule has 2 amide bonds. The number of carbonyl (C=O) groups excluding carboxylic acids is 2. The fourth-order valence-corrected chi connectivity index (χ4v) is 2.90. The first-order chi connectivity index (χ1) is 11.5. The number of aryl methyl sites for hydroxylation is 1. The van der Waals surface area contributed by atoms with Crippen LogP contribution in [0.4, 0.5) is 0 Å². The van der Waals surface area contributed by atoms with Gasteiger partial charge in [0, 0.05) is 24.1 Å². The van der Waals surface area contributed by atoms with E-state index in [1.807, 2.05) is 0 Å². The van der Waals surface area contributed by atoms with Gasteiger partial charge in [0.25, 0.3) is 5.91 Å². The number of hydrazine groups is 1. The highest BCUT2D eigenvalue weighted by Crippen LogP contribution is 2.18. The fraction of sp³-hybridized carbons (Fsp3) is 0.133. The van der Waals surface area contributed by atoms with Gasteiger partial charge in [-0.2, -0.15) is 0 Å². The van der Waals surface area contributed by atoms with E-state index >= 15 is 0 Å². The van der Waals surface area contributed by atoms with Crippen LogP contribution in [0.1, 0.15) is 16.1 Å². The molecule has 0 aliphatic carbocycles. The Morgan fingerprint density at radius 3 is 2.83 bits per heavy atom. The predicted molar refractivity (Wildman–Crippen MR) is 90.0 cm³/mol. The van der Waals surface area contributed by atoms with Gasteiger partial charge in [-0.3, -0.25) is 25.0 Å². The van der Waals surface area contributed by atoms with E-state index in [-0.39, 0.29) is 18.9 Å². The molecule has 3 rings (SSSR count). The van der Waals surface area contributed by atoms with E-state index in [2.05, 4.69) is 10.9 Å². The molecule has 0 saturated carbocycles. The number of nitrogens with zero attached hydrogens (tertiary/aromatic N) is 1. The Balaban J connectivity index is 1.59. The molecule has 0 bridgehead atoms. The molecule has 0 aliphatic rings. The molecule has 2 heterocycles. The third-order valence-electron chi connectivity index (χ3n) is 3.25. The van der Waals surface area contributed by atoms with Gasteiger partial charge in [0.1, 0.15) is 0 Å². The second-order valence-corrected chi connectivity index (χ2v) is 6.25. The van der Waals surface area contributed by atoms with Crippen molar-refractivity contribution in [1.29, 1.82) is 0 Å². The van der Waals surface area contributed by atoms with E-state index in [4.69, 9.17) is 16.0 Å². The van der Waals surface area contributed by atoms with Crippen molar-refractivity contribution >= 4 is 45.9 Å². The number of aromatic nitrogens is 1. The summed E-state index contributed by atoms with van der Waals surface area (Å²) in [5.41, 5.74) is 5.54. The quantitative estimate of drug-likeness (QED) is 0.693. The van der Waals surface area contributed by atoms with Crippen molar-refractivity contribution in [2.24, 2.45) is 0 Å². The molecule has 0 aliphatic heterocycles. The summed E-state index contributed by atoms with van der Waals surface area (Å²) in [5.74, 6) is -1.38. The van der Waals surface area contributed by atoms with Crippen molar-refractivity contribution in [2.45, 2.75) is 13.0 Å². The Bertz CT molecular complexity index is 945. The molecule has 0 saturated heterocycles. The molecule has 0 spiro atoms. The standard InChI is InChI=1S/C15H12ClN3O4S/c16-9-3-4-10-11(8-9)23-15(22)19(10)6-5-13(20)17-18-14(21)12-2-1-7-24-12/h1-4,7-8H,5-6H2,(H,17,20)(H,18,21). The molecule has 2 aromatic heterocycles. The maximum Gasteiger partial charge on any atom is 0.419 e. The van der Waals surface area contributed by atoms with Crippen molar-refractivity contribution in [3.63, 3.8) is 0 Å². The van der Waals surface area contributed by atoms with Crippen LogP contribution in [0.15, 0.2) is 44.9 Å². The smallest absolute Gasteiger partial charge is 0.408 e. The SMILES string of the molecule is O=C(CCn1c(=O)oc2cc(Cl)ccc21)NNC(=O)c1cccs1. The summed E-state index contributed by atoms with van der Waals surface area (Å²) < 4.78 is 6.42. The molecule has 9 heteroatoms. The summed E-state index contributed by atoms with van der Waals surface area (Å²) in [6, 6.07) is 8.21. The highest BCUT2D eigenvalue weighted by Gasteiger charge is 2.12. The maximum absolute atomic E-state index is 11.8. The number of benzene rings is 1. The molecule has 2 N–H and O–H groups in total. The van der Waals surface area contributed by atoms with Crippen LogP contribution in [-0.2, 0) is 11.3 Å². The highest BCUT2D eigenvalue weighted by atomic mass is 35.5. The van der Waals surface area contributed by atoms with Gasteiger partial charge in [-0.05, 0) is 23.6 Å². The lowest BCUT2D eigenvalue weighted by atomic mass is 10.3. The first kappa shape index (κ1) is 16.3. The van der Waals surface area contributed by atoms with Crippen LogP contribution in [0.25, 0.3) is 11.1 Å². The lowest BCUT2D eigenvalue weighted by Crippen LogP contribution is -2.41. The van der Waals surface area contributed by atoms with Gasteiger partial charge in [-0.15, -0.1) is 11.3 Å². The van der Waals surface area contributed by atoms with Crippen LogP contribution in [0, 0.1) is 0 Å². The minimum atomic E-state index is -0.567. The number of hydrogen-bond acceptors (Lipinski definition) is 5. The molecule has 3 aromatic rings. The van der Waals surface area contributed by atoms with Gasteiger partial charge in [-0.1, -0.05) is 17.7 Å². The van der Waals surface area contributed by atoms with Crippen LogP contribution in [0.3, 0.4) is 0 Å². The van der Waals surface area contributed by atoms with Crippen LogP contribution in [0.2, 0.25) is 5.02 Å². The van der Waals surface area contributed by atoms with E-state index < -0.39 is 11.7 Å². The first-order valence-corrected chi connectivity index (χ1v) is 8.22. The van der Waals surface area contributed by atoms with Gasteiger partial charge >= 0.3 is 5.76 Å². The van der Waals surface area contributed by atoms with Crippen LogP contribution in [0.5, 0.6) is 0 Å². The Morgan fingerprint density at radius 2 is 2.08 bits per heavy atom. The maximum atomic E-state index is 11.8. The number of halogens is 1. The molecule has 0 unspecified atom stereocenters. The highest BCUT2D eigenvalue weighted by molar-refractivity contribution is 7.12. The van der Waals surface area contributed by atoms with Crippen molar-refractivity contribution in [3.8, 4) is 0 Å². The van der Waals surface area contributed by atoms with Crippen molar-refractivity contribution in [1.82, 2.24) is 15.4 Å². The summed E-state index contributed by atoms with van der Waals surface area (Å²) in [4.78, 5) is 35.9. The average Bonchev–Trinajstić information content (AvgIpc) is 3.18. The Labute approximate surface area is 144 Å². The lowest BCUT2D eigenvalue weighted by molar-refractivity contribution is -0.122. The lowest BCUT2D eigenvalue weighted by Gasteiger charge is -2.06. The van der Waals surface area contributed by atoms with Crippen molar-refractivity contribution < 1.29 is 14.0 Å². The number of amides is 2. The zero-order valence-electron chi connectivity index (χ0n) is 12.2.